The first kappa shape index (κ1) is 53.5. The number of rotatable bonds is 16. The summed E-state index contributed by atoms with van der Waals surface area (Å²) in [5, 5.41) is 24.7. The summed E-state index contributed by atoms with van der Waals surface area (Å²) in [5.74, 6) is -2.97. The van der Waals surface area contributed by atoms with Gasteiger partial charge in [0.2, 0.25) is 11.8 Å². The van der Waals surface area contributed by atoms with Crippen molar-refractivity contribution in [3.63, 3.8) is 0 Å². The summed E-state index contributed by atoms with van der Waals surface area (Å²) >= 11 is 1.64. The molecule has 2 heterocycles. The topological polar surface area (TPSA) is 314 Å². The van der Waals surface area contributed by atoms with Crippen LogP contribution < -0.4 is 31.9 Å². The Morgan fingerprint density at radius 3 is 1.41 bits per heavy atom. The van der Waals surface area contributed by atoms with Gasteiger partial charge in [0.1, 0.15) is 23.3 Å². The number of alkyl carbamates (subject to hydrolysis) is 2. The van der Waals surface area contributed by atoms with Gasteiger partial charge in [-0.1, -0.05) is 22.7 Å². The second-order valence-electron chi connectivity index (χ2n) is 13.4. The van der Waals surface area contributed by atoms with Gasteiger partial charge in [0, 0.05) is 13.1 Å². The molecule has 21 nitrogen and oxygen atoms in total. The number of carbonyl (C=O) groups is 8. The van der Waals surface area contributed by atoms with E-state index in [0.717, 1.165) is 22.7 Å². The van der Waals surface area contributed by atoms with Crippen LogP contribution in [0, 0.1) is 0 Å². The fourth-order valence-electron chi connectivity index (χ4n) is 3.15. The number of methoxy groups -OCH3 is 1. The minimum absolute atomic E-state index is 0. The van der Waals surface area contributed by atoms with Crippen LogP contribution in [0.4, 0.5) is 19.9 Å². The van der Waals surface area contributed by atoms with Gasteiger partial charge in [0.05, 0.1) is 42.3 Å². The SMILES string of the molecule is CC(C)(C)OC(=O)N[C@@H](CNC(=O)CNc1ncc(C=O)s1)C(=O)O.COC(=O)[C@H](CNC(=O)CNc1ncc(C=O)s1)NC(=O)OC(C)(C)C.O.[CH3][Sn]([CH3])[CH3]. The van der Waals surface area contributed by atoms with E-state index < -0.39 is 79.0 Å². The molecule has 24 heteroatoms. The molecular formula is C32H53N8O13S2Sn. The number of ether oxygens (including phenoxy) is 3. The predicted octanol–water partition coefficient (Wildman–Crippen LogP) is 1.56. The van der Waals surface area contributed by atoms with Crippen molar-refractivity contribution in [3.8, 4) is 0 Å². The molecule has 56 heavy (non-hydrogen) atoms. The number of hydrogen-bond donors (Lipinski definition) is 7. The second-order valence-corrected chi connectivity index (χ2v) is 24.1. The molecule has 0 spiro atoms. The predicted molar refractivity (Wildman–Crippen MR) is 211 cm³/mol. The number of carbonyl (C=O) groups excluding carboxylic acids is 7. The van der Waals surface area contributed by atoms with Gasteiger partial charge in [0.15, 0.2) is 22.8 Å². The molecule has 0 fully saturated rings. The summed E-state index contributed by atoms with van der Waals surface area (Å²) in [6.07, 6.45) is 2.36. The molecule has 9 N–H and O–H groups in total. The zero-order valence-electron chi connectivity index (χ0n) is 32.9. The third-order valence-corrected chi connectivity index (χ3v) is 7.01. The number of amides is 4. The standard InChI is InChI=1S/C15H22N4O6S.C14H20N4O6S.3CH3.H2O.Sn/c1-15(2,3)25-14(23)19-10(12(22)24-4)6-16-11(21)7-18-13-17-5-9(8-20)26-13;1-14(2,3)24-13(23)18-9(11(21)22)5-15-10(20)6-17-12-16-4-8(7-19)25-12;;;;;/h5,8,10H,6-7H2,1-4H3,(H,16,21)(H,17,18)(H,19,23);4,7,9H,5-6H2,1-3H3,(H,15,20)(H,16,17)(H,18,23)(H,21,22);3*1H3;1H2;/t10-;9-;;;;;/m00...../s1. The Kier molecular flexibility index (Phi) is 25.8. The Labute approximate surface area is 339 Å². The van der Waals surface area contributed by atoms with E-state index in [9.17, 15) is 38.4 Å². The first-order valence-corrected chi connectivity index (χ1v) is 26.6. The van der Waals surface area contributed by atoms with Gasteiger partial charge < -0.3 is 56.7 Å². The Morgan fingerprint density at radius 2 is 1.11 bits per heavy atom. The molecule has 2 atom stereocenters. The second kappa shape index (κ2) is 27.1. The first-order valence-electron chi connectivity index (χ1n) is 16.4. The maximum atomic E-state index is 11.9. The molecular weight excluding hydrogens is 887 g/mol. The van der Waals surface area contributed by atoms with Crippen molar-refractivity contribution in [2.75, 3.05) is 43.9 Å². The summed E-state index contributed by atoms with van der Waals surface area (Å²) in [7, 11) is 1.17. The fourth-order valence-corrected chi connectivity index (χ4v) is 4.40. The molecule has 2 rings (SSSR count). The van der Waals surface area contributed by atoms with Crippen molar-refractivity contribution in [1.82, 2.24) is 31.2 Å². The van der Waals surface area contributed by atoms with Gasteiger partial charge in [0.25, 0.3) is 0 Å². The van der Waals surface area contributed by atoms with Gasteiger partial charge in [-0.25, -0.2) is 29.1 Å². The molecule has 0 aliphatic heterocycles. The van der Waals surface area contributed by atoms with Crippen molar-refractivity contribution in [2.45, 2.75) is 79.6 Å². The van der Waals surface area contributed by atoms with Crippen LogP contribution in [0.25, 0.3) is 0 Å². The van der Waals surface area contributed by atoms with E-state index in [1.54, 1.807) is 41.5 Å². The number of carboxylic acid groups (broad SMARTS) is 1. The van der Waals surface area contributed by atoms with Crippen LogP contribution in [0.2, 0.25) is 14.8 Å². The van der Waals surface area contributed by atoms with E-state index in [1.165, 1.54) is 19.5 Å². The number of carboxylic acids is 1. The van der Waals surface area contributed by atoms with Gasteiger partial charge in [-0.2, -0.15) is 0 Å². The molecule has 0 aromatic carbocycles. The van der Waals surface area contributed by atoms with E-state index in [0.29, 0.717) is 32.6 Å². The third kappa shape index (κ3) is 27.0. The number of nitrogens with one attached hydrogen (secondary N) is 6. The fraction of sp³-hybridized carbons (Fsp3) is 0.562. The van der Waals surface area contributed by atoms with E-state index in [2.05, 4.69) is 61.4 Å². The summed E-state index contributed by atoms with van der Waals surface area (Å²) in [6.45, 7) is 9.21. The maximum absolute atomic E-state index is 11.9. The molecule has 0 aliphatic rings. The minimum atomic E-state index is -1.33. The number of esters is 1. The number of thiazole rings is 2. The van der Waals surface area contributed by atoms with Crippen LogP contribution in [-0.2, 0) is 33.4 Å². The number of nitrogens with zero attached hydrogens (tertiary/aromatic N) is 2. The van der Waals surface area contributed by atoms with Crippen molar-refractivity contribution in [2.24, 2.45) is 0 Å². The molecule has 2 aromatic heterocycles. The molecule has 0 saturated heterocycles. The van der Waals surface area contributed by atoms with E-state index in [-0.39, 0.29) is 31.7 Å². The average Bonchev–Trinajstić information content (AvgIpc) is 3.74. The van der Waals surface area contributed by atoms with E-state index >= 15 is 0 Å². The molecule has 0 bridgehead atoms. The van der Waals surface area contributed by atoms with Crippen LogP contribution in [0.5, 0.6) is 0 Å². The van der Waals surface area contributed by atoms with Crippen molar-refractivity contribution < 1.29 is 63.1 Å². The summed E-state index contributed by atoms with van der Waals surface area (Å²) in [5.41, 5.74) is -1.50. The van der Waals surface area contributed by atoms with Gasteiger partial charge in [-0.15, -0.1) is 0 Å². The van der Waals surface area contributed by atoms with Gasteiger partial charge in [-0.05, 0) is 41.5 Å². The zero-order chi connectivity index (χ0) is 42.4. The van der Waals surface area contributed by atoms with Crippen molar-refractivity contribution >= 4 is 101 Å². The number of aromatic nitrogens is 2. The number of aldehydes is 2. The van der Waals surface area contributed by atoms with Crippen molar-refractivity contribution in [1.29, 1.82) is 0 Å². The van der Waals surface area contributed by atoms with Crippen LogP contribution in [-0.4, -0.2) is 145 Å². The molecule has 0 unspecified atom stereocenters. The number of aliphatic carboxylic acids is 1. The molecule has 1 radical (unpaired) electrons. The third-order valence-electron chi connectivity index (χ3n) is 5.25. The Balaban J connectivity index is 0. The average molecular weight is 941 g/mol. The molecule has 4 amide bonds. The Bertz CT molecular complexity index is 1570. The quantitative estimate of drug-likeness (QED) is 0.0544. The monoisotopic (exact) mass is 941 g/mol. The molecule has 0 aliphatic carbocycles. The van der Waals surface area contributed by atoms with E-state index in [1.807, 2.05) is 0 Å². The summed E-state index contributed by atoms with van der Waals surface area (Å²) in [6, 6.07) is -2.43. The van der Waals surface area contributed by atoms with Crippen LogP contribution >= 0.6 is 22.7 Å². The number of hydrogen-bond acceptors (Lipinski definition) is 17. The molecule has 2 aromatic rings. The van der Waals surface area contributed by atoms with Gasteiger partial charge >= 0.3 is 58.7 Å². The van der Waals surface area contributed by atoms with Crippen LogP contribution in [0.1, 0.15) is 60.9 Å². The Morgan fingerprint density at radius 1 is 0.750 bits per heavy atom. The summed E-state index contributed by atoms with van der Waals surface area (Å²) < 4.78 is 14.6. The molecule has 0 saturated carbocycles. The van der Waals surface area contributed by atoms with Crippen LogP contribution in [0.3, 0.4) is 0 Å². The van der Waals surface area contributed by atoms with Crippen molar-refractivity contribution in [3.05, 3.63) is 22.1 Å². The Hall–Kier alpha value is -4.62. The van der Waals surface area contributed by atoms with Crippen LogP contribution in [0.15, 0.2) is 12.4 Å². The number of anilines is 2. The zero-order valence-corrected chi connectivity index (χ0v) is 37.4. The molecule has 315 valence electrons. The first-order chi connectivity index (χ1) is 25.5. The van der Waals surface area contributed by atoms with Gasteiger partial charge in [-0.3, -0.25) is 19.2 Å². The summed E-state index contributed by atoms with van der Waals surface area (Å²) in [4.78, 5) is 107. The normalized spacial score (nSPS) is 11.5. The van der Waals surface area contributed by atoms with E-state index in [4.69, 9.17) is 14.6 Å².